The van der Waals surface area contributed by atoms with Crippen LogP contribution in [0.1, 0.15) is 50.9 Å². The summed E-state index contributed by atoms with van der Waals surface area (Å²) in [5, 5.41) is 6.48. The van der Waals surface area contributed by atoms with Crippen LogP contribution in [0.3, 0.4) is 0 Å². The Balaban J connectivity index is 2.94. The van der Waals surface area contributed by atoms with Gasteiger partial charge in [-0.05, 0) is 13.3 Å². The number of anilines is 2. The molecule has 1 heterocycles. The number of primary amides is 1. The van der Waals surface area contributed by atoms with Gasteiger partial charge in [0.2, 0.25) is 5.91 Å². The summed E-state index contributed by atoms with van der Waals surface area (Å²) in [5.74, 6) is 2.33. The molecule has 0 saturated heterocycles. The lowest BCUT2D eigenvalue weighted by molar-refractivity contribution is -0.117. The van der Waals surface area contributed by atoms with Crippen LogP contribution in [-0.2, 0) is 4.79 Å². The van der Waals surface area contributed by atoms with Crippen LogP contribution in [0.4, 0.5) is 11.6 Å². The van der Waals surface area contributed by atoms with E-state index in [9.17, 15) is 4.79 Å². The van der Waals surface area contributed by atoms with Crippen LogP contribution < -0.4 is 16.4 Å². The van der Waals surface area contributed by atoms with Crippen LogP contribution in [0, 0.1) is 6.92 Å². The number of carbonyl (C=O) groups is 1. The number of carbonyl (C=O) groups excluding carboxylic acids is 1. The number of aromatic nitrogens is 2. The molecule has 0 spiro atoms. The van der Waals surface area contributed by atoms with E-state index in [0.29, 0.717) is 6.54 Å². The Morgan fingerprint density at radius 3 is 2.20 bits per heavy atom. The number of amides is 1. The second kappa shape index (κ2) is 7.67. The molecule has 1 aromatic heterocycles. The maximum absolute atomic E-state index is 10.8. The SMILES string of the molecule is CCCNc1nc(C(C)C)nc(NCCC(N)=O)c1C. The predicted octanol–water partition coefficient (Wildman–Crippen LogP) is 2.02. The van der Waals surface area contributed by atoms with Crippen molar-refractivity contribution in [3.8, 4) is 0 Å². The van der Waals surface area contributed by atoms with Crippen molar-refractivity contribution in [3.05, 3.63) is 11.4 Å². The molecule has 20 heavy (non-hydrogen) atoms. The Morgan fingerprint density at radius 1 is 1.20 bits per heavy atom. The van der Waals surface area contributed by atoms with Gasteiger partial charge < -0.3 is 16.4 Å². The van der Waals surface area contributed by atoms with E-state index in [0.717, 1.165) is 36.0 Å². The Hall–Kier alpha value is -1.85. The fourth-order valence-corrected chi connectivity index (χ4v) is 1.68. The zero-order valence-corrected chi connectivity index (χ0v) is 12.8. The summed E-state index contributed by atoms with van der Waals surface area (Å²) in [7, 11) is 0. The third-order valence-electron chi connectivity index (χ3n) is 2.89. The van der Waals surface area contributed by atoms with Crippen molar-refractivity contribution in [1.29, 1.82) is 0 Å². The molecule has 0 atom stereocenters. The second-order valence-corrected chi connectivity index (χ2v) is 5.13. The Bertz CT molecular complexity index is 459. The van der Waals surface area contributed by atoms with E-state index in [-0.39, 0.29) is 18.2 Å². The molecule has 1 aromatic rings. The summed E-state index contributed by atoms with van der Waals surface area (Å²) in [5.41, 5.74) is 6.11. The molecule has 6 heteroatoms. The average molecular weight is 279 g/mol. The van der Waals surface area contributed by atoms with E-state index < -0.39 is 0 Å². The maximum Gasteiger partial charge on any atom is 0.219 e. The Kier molecular flexibility index (Phi) is 6.21. The Labute approximate surface area is 120 Å². The first-order chi connectivity index (χ1) is 9.45. The minimum absolute atomic E-state index is 0.245. The molecule has 0 bridgehead atoms. The van der Waals surface area contributed by atoms with Gasteiger partial charge in [0.05, 0.1) is 0 Å². The van der Waals surface area contributed by atoms with Gasteiger partial charge in [0, 0.05) is 31.0 Å². The molecule has 0 radical (unpaired) electrons. The number of hydrogen-bond acceptors (Lipinski definition) is 5. The highest BCUT2D eigenvalue weighted by Crippen LogP contribution is 2.23. The minimum Gasteiger partial charge on any atom is -0.370 e. The molecule has 6 nitrogen and oxygen atoms in total. The number of nitrogens with one attached hydrogen (secondary N) is 2. The van der Waals surface area contributed by atoms with E-state index in [1.54, 1.807) is 0 Å². The monoisotopic (exact) mass is 279 g/mol. The zero-order chi connectivity index (χ0) is 15.1. The predicted molar refractivity (Wildman–Crippen MR) is 81.9 cm³/mol. The van der Waals surface area contributed by atoms with Crippen LogP contribution in [0.2, 0.25) is 0 Å². The Morgan fingerprint density at radius 2 is 1.75 bits per heavy atom. The molecular weight excluding hydrogens is 254 g/mol. The number of nitrogens with zero attached hydrogens (tertiary/aromatic N) is 2. The molecule has 0 saturated carbocycles. The molecule has 0 aliphatic rings. The molecule has 0 aliphatic heterocycles. The first kappa shape index (κ1) is 16.2. The second-order valence-electron chi connectivity index (χ2n) is 5.13. The molecule has 0 unspecified atom stereocenters. The van der Waals surface area contributed by atoms with Gasteiger partial charge in [-0.2, -0.15) is 0 Å². The zero-order valence-electron chi connectivity index (χ0n) is 12.8. The minimum atomic E-state index is -0.322. The van der Waals surface area contributed by atoms with E-state index in [2.05, 4.69) is 41.4 Å². The van der Waals surface area contributed by atoms with Crippen molar-refractivity contribution in [2.24, 2.45) is 5.73 Å². The van der Waals surface area contributed by atoms with Gasteiger partial charge in [0.25, 0.3) is 0 Å². The van der Waals surface area contributed by atoms with Gasteiger partial charge in [0.1, 0.15) is 17.5 Å². The van der Waals surface area contributed by atoms with E-state index in [1.807, 2.05) is 6.92 Å². The molecule has 112 valence electrons. The third kappa shape index (κ3) is 4.68. The van der Waals surface area contributed by atoms with Crippen molar-refractivity contribution < 1.29 is 4.79 Å². The highest BCUT2D eigenvalue weighted by atomic mass is 16.1. The van der Waals surface area contributed by atoms with Crippen LogP contribution in [0.25, 0.3) is 0 Å². The molecular formula is C14H25N5O. The number of hydrogen-bond donors (Lipinski definition) is 3. The number of nitrogens with two attached hydrogens (primary N) is 1. The summed E-state index contributed by atoms with van der Waals surface area (Å²) in [6.07, 6.45) is 1.32. The lowest BCUT2D eigenvalue weighted by Gasteiger charge is -2.16. The van der Waals surface area contributed by atoms with Gasteiger partial charge >= 0.3 is 0 Å². The summed E-state index contributed by atoms with van der Waals surface area (Å²) in [6.45, 7) is 9.55. The van der Waals surface area contributed by atoms with Crippen LogP contribution in [0.5, 0.6) is 0 Å². The molecule has 4 N–H and O–H groups in total. The van der Waals surface area contributed by atoms with E-state index in [1.165, 1.54) is 0 Å². The van der Waals surface area contributed by atoms with Crippen molar-refractivity contribution in [3.63, 3.8) is 0 Å². The highest BCUT2D eigenvalue weighted by Gasteiger charge is 2.12. The quantitative estimate of drug-likeness (QED) is 0.677. The number of rotatable bonds is 8. The van der Waals surface area contributed by atoms with Gasteiger partial charge in [-0.1, -0.05) is 20.8 Å². The normalized spacial score (nSPS) is 10.7. The topological polar surface area (TPSA) is 92.9 Å². The lowest BCUT2D eigenvalue weighted by Crippen LogP contribution is -2.18. The third-order valence-corrected chi connectivity index (χ3v) is 2.89. The van der Waals surface area contributed by atoms with Crippen molar-refractivity contribution in [2.75, 3.05) is 23.7 Å². The lowest BCUT2D eigenvalue weighted by atomic mass is 10.2. The van der Waals surface area contributed by atoms with Crippen molar-refractivity contribution in [2.45, 2.75) is 46.5 Å². The maximum atomic E-state index is 10.8. The molecule has 0 fully saturated rings. The van der Waals surface area contributed by atoms with Crippen molar-refractivity contribution in [1.82, 2.24) is 9.97 Å². The van der Waals surface area contributed by atoms with Gasteiger partial charge in [0.15, 0.2) is 0 Å². The fraction of sp³-hybridized carbons (Fsp3) is 0.643. The summed E-state index contributed by atoms with van der Waals surface area (Å²) < 4.78 is 0. The van der Waals surface area contributed by atoms with Crippen molar-refractivity contribution >= 4 is 17.5 Å². The van der Waals surface area contributed by atoms with Gasteiger partial charge in [-0.3, -0.25) is 4.79 Å². The van der Waals surface area contributed by atoms with E-state index >= 15 is 0 Å². The summed E-state index contributed by atoms with van der Waals surface area (Å²) in [4.78, 5) is 19.9. The van der Waals surface area contributed by atoms with Gasteiger partial charge in [-0.15, -0.1) is 0 Å². The first-order valence-electron chi connectivity index (χ1n) is 7.10. The summed E-state index contributed by atoms with van der Waals surface area (Å²) in [6, 6.07) is 0. The molecule has 1 rings (SSSR count). The van der Waals surface area contributed by atoms with Crippen LogP contribution >= 0.6 is 0 Å². The molecule has 0 aromatic carbocycles. The van der Waals surface area contributed by atoms with Crippen LogP contribution in [-0.4, -0.2) is 29.0 Å². The fourth-order valence-electron chi connectivity index (χ4n) is 1.68. The first-order valence-corrected chi connectivity index (χ1v) is 7.10. The van der Waals surface area contributed by atoms with Gasteiger partial charge in [-0.25, -0.2) is 9.97 Å². The average Bonchev–Trinajstić information content (AvgIpc) is 2.38. The largest absolute Gasteiger partial charge is 0.370 e. The van der Waals surface area contributed by atoms with Crippen LogP contribution in [0.15, 0.2) is 0 Å². The summed E-state index contributed by atoms with van der Waals surface area (Å²) >= 11 is 0. The smallest absolute Gasteiger partial charge is 0.219 e. The standard InChI is InChI=1S/C14H25N5O/c1-5-7-16-13-10(4)14(17-8-6-11(15)20)19-12(18-13)9(2)3/h9H,5-8H2,1-4H3,(H2,15,20)(H2,16,17,18,19). The molecule has 1 amide bonds. The molecule has 0 aliphatic carbocycles. The van der Waals surface area contributed by atoms with E-state index in [4.69, 9.17) is 5.73 Å². The highest BCUT2D eigenvalue weighted by molar-refractivity contribution is 5.74.